The van der Waals surface area contributed by atoms with Gasteiger partial charge in [0.05, 0.1) is 5.52 Å². The van der Waals surface area contributed by atoms with Crippen molar-refractivity contribution in [3.8, 4) is 0 Å². The van der Waals surface area contributed by atoms with Gasteiger partial charge in [0.1, 0.15) is 10.5 Å². The predicted octanol–water partition coefficient (Wildman–Crippen LogP) is 2.19. The maximum atomic E-state index is 13.1. The zero-order chi connectivity index (χ0) is 21.2. The van der Waals surface area contributed by atoms with Crippen LogP contribution in [0, 0.1) is 0 Å². The SMILES string of the molecule is O=C(CCn1c(N2CCCC2)nc2ccsc2c1=O)N1CCN(c2ccccn2)CC1. The first kappa shape index (κ1) is 20.0. The summed E-state index contributed by atoms with van der Waals surface area (Å²) < 4.78 is 2.38. The van der Waals surface area contributed by atoms with E-state index >= 15 is 0 Å². The number of hydrogen-bond acceptors (Lipinski definition) is 7. The minimum atomic E-state index is -0.0327. The molecule has 0 aromatic carbocycles. The lowest BCUT2D eigenvalue weighted by Gasteiger charge is -2.35. The molecule has 2 aliphatic rings. The molecule has 0 bridgehead atoms. The smallest absolute Gasteiger partial charge is 0.272 e. The summed E-state index contributed by atoms with van der Waals surface area (Å²) in [4.78, 5) is 41.5. The van der Waals surface area contributed by atoms with Crippen LogP contribution in [0.5, 0.6) is 0 Å². The van der Waals surface area contributed by atoms with Crippen molar-refractivity contribution in [2.75, 3.05) is 49.1 Å². The molecular formula is C22H26N6O2S. The van der Waals surface area contributed by atoms with Crippen LogP contribution >= 0.6 is 11.3 Å². The van der Waals surface area contributed by atoms with E-state index in [1.54, 1.807) is 10.8 Å². The lowest BCUT2D eigenvalue weighted by molar-refractivity contribution is -0.131. The Morgan fingerprint density at radius 2 is 1.81 bits per heavy atom. The van der Waals surface area contributed by atoms with Crippen LogP contribution in [0.4, 0.5) is 11.8 Å². The van der Waals surface area contributed by atoms with Gasteiger partial charge in [0.15, 0.2) is 0 Å². The van der Waals surface area contributed by atoms with Crippen LogP contribution in [0.1, 0.15) is 19.3 Å². The van der Waals surface area contributed by atoms with Gasteiger partial charge < -0.3 is 14.7 Å². The molecule has 31 heavy (non-hydrogen) atoms. The third-order valence-electron chi connectivity index (χ3n) is 6.09. The van der Waals surface area contributed by atoms with E-state index in [0.29, 0.717) is 36.7 Å². The highest BCUT2D eigenvalue weighted by molar-refractivity contribution is 7.17. The highest BCUT2D eigenvalue weighted by atomic mass is 32.1. The van der Waals surface area contributed by atoms with Crippen molar-refractivity contribution < 1.29 is 4.79 Å². The van der Waals surface area contributed by atoms with Crippen LogP contribution in [0.15, 0.2) is 40.6 Å². The zero-order valence-electron chi connectivity index (χ0n) is 17.4. The van der Waals surface area contributed by atoms with E-state index in [0.717, 1.165) is 50.4 Å². The number of fused-ring (bicyclic) bond motifs is 1. The summed E-state index contributed by atoms with van der Waals surface area (Å²) in [5.74, 6) is 1.75. The summed E-state index contributed by atoms with van der Waals surface area (Å²) in [5, 5.41) is 1.91. The van der Waals surface area contributed by atoms with Crippen LogP contribution in [0.25, 0.3) is 10.2 Å². The number of rotatable bonds is 5. The molecule has 8 nitrogen and oxygen atoms in total. The Morgan fingerprint density at radius 1 is 1.00 bits per heavy atom. The lowest BCUT2D eigenvalue weighted by Crippen LogP contribution is -2.49. The predicted molar refractivity (Wildman–Crippen MR) is 123 cm³/mol. The fourth-order valence-electron chi connectivity index (χ4n) is 4.38. The monoisotopic (exact) mass is 438 g/mol. The third kappa shape index (κ3) is 4.01. The van der Waals surface area contributed by atoms with Gasteiger partial charge in [-0.05, 0) is 36.4 Å². The Hall–Kier alpha value is -2.94. The number of amides is 1. The van der Waals surface area contributed by atoms with Gasteiger partial charge in [0.25, 0.3) is 5.56 Å². The summed E-state index contributed by atoms with van der Waals surface area (Å²) in [6, 6.07) is 7.78. The van der Waals surface area contributed by atoms with Crippen LogP contribution in [0.2, 0.25) is 0 Å². The Balaban J connectivity index is 1.27. The molecule has 0 unspecified atom stereocenters. The van der Waals surface area contributed by atoms with Gasteiger partial charge in [-0.15, -0.1) is 11.3 Å². The lowest BCUT2D eigenvalue weighted by atomic mass is 10.2. The van der Waals surface area contributed by atoms with Gasteiger partial charge >= 0.3 is 0 Å². The molecule has 2 fully saturated rings. The van der Waals surface area contributed by atoms with Gasteiger partial charge in [0, 0.05) is 58.4 Å². The first-order chi connectivity index (χ1) is 15.2. The minimum Gasteiger partial charge on any atom is -0.353 e. The van der Waals surface area contributed by atoms with Crippen molar-refractivity contribution in [2.45, 2.75) is 25.8 Å². The Morgan fingerprint density at radius 3 is 2.55 bits per heavy atom. The van der Waals surface area contributed by atoms with Gasteiger partial charge in [-0.1, -0.05) is 6.07 Å². The molecule has 1 amide bonds. The molecule has 3 aromatic rings. The summed E-state index contributed by atoms with van der Waals surface area (Å²) in [5.41, 5.74) is 0.722. The number of aromatic nitrogens is 3. The fraction of sp³-hybridized carbons (Fsp3) is 0.455. The molecule has 9 heteroatoms. The van der Waals surface area contributed by atoms with Crippen molar-refractivity contribution in [1.29, 1.82) is 0 Å². The van der Waals surface area contributed by atoms with E-state index < -0.39 is 0 Å². The Labute approximate surface area is 184 Å². The number of thiophene rings is 1. The standard InChI is InChI=1S/C22H26N6O2S/c29-19(26-14-12-25(13-15-26)18-5-1-2-8-23-18)6-11-28-21(30)20-17(7-16-31-20)24-22(28)27-9-3-4-10-27/h1-2,5,7-8,16H,3-4,6,9-15H2. The molecule has 5 heterocycles. The molecule has 5 rings (SSSR count). The largest absolute Gasteiger partial charge is 0.353 e. The summed E-state index contributed by atoms with van der Waals surface area (Å²) in [6.07, 6.45) is 4.32. The number of hydrogen-bond donors (Lipinski definition) is 0. The van der Waals surface area contributed by atoms with E-state index in [9.17, 15) is 9.59 Å². The van der Waals surface area contributed by atoms with Crippen LogP contribution in [-0.4, -0.2) is 64.6 Å². The molecule has 0 atom stereocenters. The zero-order valence-corrected chi connectivity index (χ0v) is 18.3. The Bertz CT molecular complexity index is 1110. The van der Waals surface area contributed by atoms with E-state index in [-0.39, 0.29) is 11.5 Å². The van der Waals surface area contributed by atoms with Gasteiger partial charge in [-0.2, -0.15) is 0 Å². The van der Waals surface area contributed by atoms with Crippen molar-refractivity contribution in [3.05, 3.63) is 46.2 Å². The number of carbonyl (C=O) groups excluding carboxylic acids is 1. The number of carbonyl (C=O) groups is 1. The molecule has 0 N–H and O–H groups in total. The van der Waals surface area contributed by atoms with E-state index in [4.69, 9.17) is 4.98 Å². The highest BCUT2D eigenvalue weighted by Gasteiger charge is 2.24. The van der Waals surface area contributed by atoms with Gasteiger partial charge in [-0.25, -0.2) is 9.97 Å². The first-order valence-electron chi connectivity index (χ1n) is 10.9. The van der Waals surface area contributed by atoms with E-state index in [1.807, 2.05) is 34.5 Å². The molecule has 0 spiro atoms. The maximum Gasteiger partial charge on any atom is 0.272 e. The molecule has 2 saturated heterocycles. The van der Waals surface area contributed by atoms with Crippen LogP contribution in [-0.2, 0) is 11.3 Å². The van der Waals surface area contributed by atoms with Crippen molar-refractivity contribution in [1.82, 2.24) is 19.4 Å². The molecule has 162 valence electrons. The molecule has 0 radical (unpaired) electrons. The second-order valence-corrected chi connectivity index (χ2v) is 8.92. The quantitative estimate of drug-likeness (QED) is 0.608. The van der Waals surface area contributed by atoms with E-state index in [2.05, 4.69) is 14.8 Å². The van der Waals surface area contributed by atoms with Crippen LogP contribution in [0.3, 0.4) is 0 Å². The first-order valence-corrected chi connectivity index (χ1v) is 11.8. The summed E-state index contributed by atoms with van der Waals surface area (Å²) in [6.45, 7) is 5.06. The van der Waals surface area contributed by atoms with Gasteiger partial charge in [0.2, 0.25) is 11.9 Å². The fourth-order valence-corrected chi connectivity index (χ4v) is 5.16. The number of nitrogens with zero attached hydrogens (tertiary/aromatic N) is 6. The second kappa shape index (κ2) is 8.66. The maximum absolute atomic E-state index is 13.1. The average molecular weight is 439 g/mol. The number of pyridine rings is 1. The average Bonchev–Trinajstić information content (AvgIpc) is 3.51. The molecule has 3 aromatic heterocycles. The van der Waals surface area contributed by atoms with Crippen molar-refractivity contribution in [3.63, 3.8) is 0 Å². The normalized spacial score (nSPS) is 17.0. The van der Waals surface area contributed by atoms with E-state index in [1.165, 1.54) is 11.3 Å². The van der Waals surface area contributed by atoms with Crippen LogP contribution < -0.4 is 15.4 Å². The Kier molecular flexibility index (Phi) is 5.59. The molecule has 0 saturated carbocycles. The highest BCUT2D eigenvalue weighted by Crippen LogP contribution is 2.22. The topological polar surface area (TPSA) is 74.6 Å². The molecule has 2 aliphatic heterocycles. The minimum absolute atomic E-state index is 0.0327. The molecule has 0 aliphatic carbocycles. The van der Waals surface area contributed by atoms with Crippen molar-refractivity contribution >= 4 is 39.2 Å². The summed E-state index contributed by atoms with van der Waals surface area (Å²) >= 11 is 1.42. The third-order valence-corrected chi connectivity index (χ3v) is 6.98. The van der Waals surface area contributed by atoms with Crippen molar-refractivity contribution in [2.24, 2.45) is 0 Å². The second-order valence-electron chi connectivity index (χ2n) is 8.00. The number of piperazine rings is 1. The number of anilines is 2. The van der Waals surface area contributed by atoms with Gasteiger partial charge in [-0.3, -0.25) is 14.2 Å². The summed E-state index contributed by atoms with van der Waals surface area (Å²) in [7, 11) is 0. The molecular weight excluding hydrogens is 412 g/mol.